The third-order valence-electron chi connectivity index (χ3n) is 2.82. The Kier molecular flexibility index (Phi) is 5.11. The maximum atomic E-state index is 12.1. The van der Waals surface area contributed by atoms with Gasteiger partial charge in [0.2, 0.25) is 0 Å². The molecule has 0 bridgehead atoms. The SMILES string of the molecule is CCNc1ncc(C(=O)NCc2cccc(C)n2)cc1Cl. The third kappa shape index (κ3) is 4.16. The average Bonchev–Trinajstić information content (AvgIpc) is 2.47. The van der Waals surface area contributed by atoms with Gasteiger partial charge in [-0.15, -0.1) is 0 Å². The standard InChI is InChI=1S/C15H17ClN4O/c1-3-17-14-13(16)7-11(8-18-14)15(21)19-9-12-6-4-5-10(2)20-12/h4-8H,3,9H2,1-2H3,(H,17,18)(H,19,21). The van der Waals surface area contributed by atoms with E-state index in [-0.39, 0.29) is 5.91 Å². The summed E-state index contributed by atoms with van der Waals surface area (Å²) in [7, 11) is 0. The van der Waals surface area contributed by atoms with Crippen LogP contribution in [0.1, 0.15) is 28.7 Å². The molecule has 2 heterocycles. The normalized spacial score (nSPS) is 10.2. The van der Waals surface area contributed by atoms with Crippen molar-refractivity contribution < 1.29 is 4.79 Å². The maximum Gasteiger partial charge on any atom is 0.253 e. The molecule has 0 fully saturated rings. The zero-order valence-corrected chi connectivity index (χ0v) is 12.7. The second-order valence-corrected chi connectivity index (χ2v) is 4.94. The first-order valence-corrected chi connectivity index (χ1v) is 7.08. The number of nitrogens with zero attached hydrogens (tertiary/aromatic N) is 2. The number of pyridine rings is 2. The molecular formula is C15H17ClN4O. The molecule has 0 aliphatic carbocycles. The van der Waals surface area contributed by atoms with Gasteiger partial charge in [-0.25, -0.2) is 4.98 Å². The summed E-state index contributed by atoms with van der Waals surface area (Å²) in [5.41, 5.74) is 2.16. The zero-order chi connectivity index (χ0) is 15.2. The Bertz CT molecular complexity index is 645. The Morgan fingerprint density at radius 2 is 2.19 bits per heavy atom. The molecule has 2 rings (SSSR count). The molecule has 0 saturated carbocycles. The number of anilines is 1. The van der Waals surface area contributed by atoms with Gasteiger partial charge in [0.1, 0.15) is 5.82 Å². The fourth-order valence-corrected chi connectivity index (χ4v) is 2.06. The van der Waals surface area contributed by atoms with Crippen molar-refractivity contribution in [3.8, 4) is 0 Å². The number of carbonyl (C=O) groups excluding carboxylic acids is 1. The van der Waals surface area contributed by atoms with Crippen molar-refractivity contribution in [2.45, 2.75) is 20.4 Å². The minimum absolute atomic E-state index is 0.226. The monoisotopic (exact) mass is 304 g/mol. The van der Waals surface area contributed by atoms with Crippen LogP contribution in [-0.2, 0) is 6.54 Å². The van der Waals surface area contributed by atoms with Crippen LogP contribution in [0.4, 0.5) is 5.82 Å². The first kappa shape index (κ1) is 15.3. The smallest absolute Gasteiger partial charge is 0.253 e. The van der Waals surface area contributed by atoms with Gasteiger partial charge >= 0.3 is 0 Å². The summed E-state index contributed by atoms with van der Waals surface area (Å²) in [5.74, 6) is 0.354. The number of carbonyl (C=O) groups is 1. The van der Waals surface area contributed by atoms with Gasteiger partial charge in [-0.3, -0.25) is 9.78 Å². The average molecular weight is 305 g/mol. The minimum atomic E-state index is -0.226. The summed E-state index contributed by atoms with van der Waals surface area (Å²) < 4.78 is 0. The van der Waals surface area contributed by atoms with Gasteiger partial charge in [0, 0.05) is 18.4 Å². The Morgan fingerprint density at radius 3 is 2.86 bits per heavy atom. The van der Waals surface area contributed by atoms with Crippen molar-refractivity contribution in [1.82, 2.24) is 15.3 Å². The third-order valence-corrected chi connectivity index (χ3v) is 3.11. The number of halogens is 1. The second kappa shape index (κ2) is 7.04. The molecule has 1 amide bonds. The van der Waals surface area contributed by atoms with E-state index in [1.54, 1.807) is 6.07 Å². The van der Waals surface area contributed by atoms with Crippen molar-refractivity contribution in [2.75, 3.05) is 11.9 Å². The second-order valence-electron chi connectivity index (χ2n) is 4.54. The van der Waals surface area contributed by atoms with Crippen LogP contribution in [0, 0.1) is 6.92 Å². The molecule has 0 aliphatic heterocycles. The Morgan fingerprint density at radius 1 is 1.38 bits per heavy atom. The molecule has 21 heavy (non-hydrogen) atoms. The van der Waals surface area contributed by atoms with Crippen LogP contribution < -0.4 is 10.6 Å². The van der Waals surface area contributed by atoms with Gasteiger partial charge in [-0.05, 0) is 32.0 Å². The molecular weight excluding hydrogens is 288 g/mol. The van der Waals surface area contributed by atoms with E-state index in [9.17, 15) is 4.79 Å². The lowest BCUT2D eigenvalue weighted by atomic mass is 10.2. The van der Waals surface area contributed by atoms with E-state index >= 15 is 0 Å². The molecule has 0 unspecified atom stereocenters. The summed E-state index contributed by atoms with van der Waals surface area (Å²) >= 11 is 6.07. The lowest BCUT2D eigenvalue weighted by Gasteiger charge is -2.08. The highest BCUT2D eigenvalue weighted by Crippen LogP contribution is 2.19. The Labute approximate surface area is 128 Å². The van der Waals surface area contributed by atoms with E-state index in [0.717, 1.165) is 17.9 Å². The topological polar surface area (TPSA) is 66.9 Å². The van der Waals surface area contributed by atoms with Crippen LogP contribution >= 0.6 is 11.6 Å². The number of aromatic nitrogens is 2. The lowest BCUT2D eigenvalue weighted by Crippen LogP contribution is -2.23. The summed E-state index contributed by atoms with van der Waals surface area (Å²) in [6, 6.07) is 7.29. The van der Waals surface area contributed by atoms with E-state index in [2.05, 4.69) is 20.6 Å². The molecule has 110 valence electrons. The molecule has 2 aromatic rings. The number of aryl methyl sites for hydroxylation is 1. The first-order chi connectivity index (χ1) is 10.1. The van der Waals surface area contributed by atoms with Gasteiger partial charge in [0.15, 0.2) is 0 Å². The molecule has 0 atom stereocenters. The summed E-state index contributed by atoms with van der Waals surface area (Å²) in [6.45, 7) is 4.95. The molecule has 0 saturated heterocycles. The fraction of sp³-hybridized carbons (Fsp3) is 0.267. The number of rotatable bonds is 5. The Balaban J connectivity index is 2.02. The van der Waals surface area contributed by atoms with Crippen LogP contribution in [0.2, 0.25) is 5.02 Å². The van der Waals surface area contributed by atoms with Crippen LogP contribution in [0.25, 0.3) is 0 Å². The highest BCUT2D eigenvalue weighted by atomic mass is 35.5. The highest BCUT2D eigenvalue weighted by molar-refractivity contribution is 6.33. The van der Waals surface area contributed by atoms with Crippen molar-refractivity contribution in [1.29, 1.82) is 0 Å². The van der Waals surface area contributed by atoms with Crippen molar-refractivity contribution in [2.24, 2.45) is 0 Å². The van der Waals surface area contributed by atoms with E-state index in [0.29, 0.717) is 22.9 Å². The number of nitrogens with one attached hydrogen (secondary N) is 2. The van der Waals surface area contributed by atoms with Gasteiger partial charge < -0.3 is 10.6 Å². The minimum Gasteiger partial charge on any atom is -0.369 e. The fourth-order valence-electron chi connectivity index (χ4n) is 1.83. The highest BCUT2D eigenvalue weighted by Gasteiger charge is 2.09. The molecule has 0 radical (unpaired) electrons. The van der Waals surface area contributed by atoms with E-state index in [4.69, 9.17) is 11.6 Å². The predicted molar refractivity (Wildman–Crippen MR) is 83.6 cm³/mol. The summed E-state index contributed by atoms with van der Waals surface area (Å²) in [5, 5.41) is 6.25. The molecule has 6 heteroatoms. The van der Waals surface area contributed by atoms with Gasteiger partial charge in [-0.1, -0.05) is 17.7 Å². The van der Waals surface area contributed by atoms with Gasteiger partial charge in [0.25, 0.3) is 5.91 Å². The largest absolute Gasteiger partial charge is 0.369 e. The molecule has 2 N–H and O–H groups in total. The quantitative estimate of drug-likeness (QED) is 0.891. The van der Waals surface area contributed by atoms with Crippen LogP contribution in [0.3, 0.4) is 0 Å². The Hall–Kier alpha value is -2.14. The van der Waals surface area contributed by atoms with E-state index in [1.165, 1.54) is 6.20 Å². The van der Waals surface area contributed by atoms with Crippen molar-refractivity contribution in [3.63, 3.8) is 0 Å². The molecule has 0 aromatic carbocycles. The maximum absolute atomic E-state index is 12.1. The van der Waals surface area contributed by atoms with Crippen LogP contribution in [0.15, 0.2) is 30.5 Å². The first-order valence-electron chi connectivity index (χ1n) is 6.70. The molecule has 0 aliphatic rings. The summed E-state index contributed by atoms with van der Waals surface area (Å²) in [6.07, 6.45) is 1.50. The van der Waals surface area contributed by atoms with Crippen molar-refractivity contribution in [3.05, 3.63) is 52.4 Å². The molecule has 5 nitrogen and oxygen atoms in total. The van der Waals surface area contributed by atoms with Gasteiger partial charge in [-0.2, -0.15) is 0 Å². The number of hydrogen-bond donors (Lipinski definition) is 2. The van der Waals surface area contributed by atoms with Crippen LogP contribution in [-0.4, -0.2) is 22.4 Å². The zero-order valence-electron chi connectivity index (χ0n) is 12.0. The van der Waals surface area contributed by atoms with E-state index < -0.39 is 0 Å². The predicted octanol–water partition coefficient (Wildman–Crippen LogP) is 2.80. The van der Waals surface area contributed by atoms with Gasteiger partial charge in [0.05, 0.1) is 22.8 Å². The molecule has 0 spiro atoms. The number of amides is 1. The number of hydrogen-bond acceptors (Lipinski definition) is 4. The van der Waals surface area contributed by atoms with Crippen LogP contribution in [0.5, 0.6) is 0 Å². The summed E-state index contributed by atoms with van der Waals surface area (Å²) in [4.78, 5) is 20.5. The lowest BCUT2D eigenvalue weighted by molar-refractivity contribution is 0.0950. The van der Waals surface area contributed by atoms with Crippen molar-refractivity contribution >= 4 is 23.3 Å². The molecule has 2 aromatic heterocycles. The van der Waals surface area contributed by atoms with E-state index in [1.807, 2.05) is 32.0 Å².